The molecule has 0 aromatic carbocycles. The van der Waals surface area contributed by atoms with Crippen LogP contribution in [-0.4, -0.2) is 34.3 Å². The minimum atomic E-state index is -4.56. The lowest BCUT2D eigenvalue weighted by Crippen LogP contribution is -2.12. The van der Waals surface area contributed by atoms with Crippen molar-refractivity contribution in [2.45, 2.75) is 20.0 Å². The zero-order valence-electron chi connectivity index (χ0n) is 15.2. The van der Waals surface area contributed by atoms with E-state index < -0.39 is 11.9 Å². The summed E-state index contributed by atoms with van der Waals surface area (Å²) in [5.41, 5.74) is 2.32. The highest BCUT2D eigenvalue weighted by molar-refractivity contribution is 9.10. The number of nitrogens with zero attached hydrogens (tertiary/aromatic N) is 7. The zero-order valence-corrected chi connectivity index (χ0v) is 17.6. The van der Waals surface area contributed by atoms with E-state index in [0.29, 0.717) is 5.65 Å². The third kappa shape index (κ3) is 2.65. The third-order valence-electron chi connectivity index (χ3n) is 4.56. The summed E-state index contributed by atoms with van der Waals surface area (Å²) < 4.78 is 42.7. The average Bonchev–Trinajstić information content (AvgIpc) is 3.25. The van der Waals surface area contributed by atoms with Crippen molar-refractivity contribution in [1.29, 1.82) is 0 Å². The normalized spacial score (nSPS) is 12.7. The molecular weight excluding hydrogens is 471 g/mol. The molecule has 0 spiro atoms. The Bertz CT molecular complexity index is 1450. The molecule has 0 unspecified atom stereocenters. The molecule has 12 heteroatoms. The predicted molar refractivity (Wildman–Crippen MR) is 106 cm³/mol. The highest BCUT2D eigenvalue weighted by Gasteiger charge is 2.39. The predicted octanol–water partition coefficient (Wildman–Crippen LogP) is 4.69. The molecule has 5 heterocycles. The summed E-state index contributed by atoms with van der Waals surface area (Å²) in [6, 6.07) is 1.99. The van der Waals surface area contributed by atoms with E-state index in [-0.39, 0.29) is 16.0 Å². The first-order valence-electron chi connectivity index (χ1n) is 8.37. The number of aryl methyl sites for hydroxylation is 3. The second-order valence-corrected chi connectivity index (χ2v) is 8.41. The van der Waals surface area contributed by atoms with E-state index in [0.717, 1.165) is 36.4 Å². The highest BCUT2D eigenvalue weighted by Crippen LogP contribution is 2.40. The number of aromatic nitrogens is 7. The van der Waals surface area contributed by atoms with Gasteiger partial charge in [-0.05, 0) is 41.4 Å². The van der Waals surface area contributed by atoms with Crippen molar-refractivity contribution in [2.24, 2.45) is 7.05 Å². The fourth-order valence-electron chi connectivity index (χ4n) is 3.42. The molecule has 0 radical (unpaired) electrons. The van der Waals surface area contributed by atoms with E-state index in [1.165, 1.54) is 29.2 Å². The first kappa shape index (κ1) is 18.4. The van der Waals surface area contributed by atoms with Gasteiger partial charge in [0.05, 0.1) is 9.99 Å². The van der Waals surface area contributed by atoms with Gasteiger partial charge < -0.3 is 0 Å². The van der Waals surface area contributed by atoms with Crippen LogP contribution >= 0.6 is 27.3 Å². The molecule has 0 N–H and O–H groups in total. The Morgan fingerprint density at radius 1 is 1.14 bits per heavy atom. The van der Waals surface area contributed by atoms with E-state index in [9.17, 15) is 13.2 Å². The van der Waals surface area contributed by atoms with Crippen LogP contribution in [0.3, 0.4) is 0 Å². The summed E-state index contributed by atoms with van der Waals surface area (Å²) in [4.78, 5) is 14.4. The number of halogens is 4. The summed E-state index contributed by atoms with van der Waals surface area (Å²) in [6.45, 7) is 3.92. The van der Waals surface area contributed by atoms with Crippen LogP contribution in [0.4, 0.5) is 13.2 Å². The maximum atomic E-state index is 13.3. The number of thiophene rings is 1. The number of rotatable bonds is 1. The van der Waals surface area contributed by atoms with Gasteiger partial charge >= 0.3 is 6.18 Å². The average molecular weight is 482 g/mol. The maximum absolute atomic E-state index is 13.3. The molecule has 0 fully saturated rings. The van der Waals surface area contributed by atoms with Crippen molar-refractivity contribution >= 4 is 53.3 Å². The molecule has 5 aromatic heterocycles. The van der Waals surface area contributed by atoms with Gasteiger partial charge in [0.25, 0.3) is 0 Å². The summed E-state index contributed by atoms with van der Waals surface area (Å²) in [5, 5.41) is 9.21. The van der Waals surface area contributed by atoms with Crippen LogP contribution in [0.15, 0.2) is 16.9 Å². The Kier molecular flexibility index (Phi) is 3.78. The van der Waals surface area contributed by atoms with Crippen molar-refractivity contribution in [3.63, 3.8) is 0 Å². The molecule has 5 aromatic rings. The van der Waals surface area contributed by atoms with E-state index in [1.807, 2.05) is 19.9 Å². The molecule has 29 heavy (non-hydrogen) atoms. The van der Waals surface area contributed by atoms with Gasteiger partial charge in [0.1, 0.15) is 21.6 Å². The topological polar surface area (TPSA) is 73.8 Å². The molecule has 0 saturated heterocycles. The lowest BCUT2D eigenvalue weighted by atomic mass is 10.1. The summed E-state index contributed by atoms with van der Waals surface area (Å²) >= 11 is 4.44. The number of hydrogen-bond donors (Lipinski definition) is 0. The van der Waals surface area contributed by atoms with Gasteiger partial charge in [-0.2, -0.15) is 18.3 Å². The van der Waals surface area contributed by atoms with Crippen LogP contribution in [0.1, 0.15) is 17.0 Å². The molecule has 148 valence electrons. The van der Waals surface area contributed by atoms with E-state index in [4.69, 9.17) is 0 Å². The van der Waals surface area contributed by atoms with Crippen LogP contribution in [0.2, 0.25) is 0 Å². The van der Waals surface area contributed by atoms with Gasteiger partial charge in [0.15, 0.2) is 11.3 Å². The van der Waals surface area contributed by atoms with Crippen LogP contribution in [-0.2, 0) is 13.2 Å². The lowest BCUT2D eigenvalue weighted by Gasteiger charge is -2.06. The van der Waals surface area contributed by atoms with Gasteiger partial charge in [-0.1, -0.05) is 0 Å². The van der Waals surface area contributed by atoms with E-state index >= 15 is 0 Å². The van der Waals surface area contributed by atoms with Crippen LogP contribution in [0, 0.1) is 13.8 Å². The van der Waals surface area contributed by atoms with Crippen molar-refractivity contribution in [1.82, 2.24) is 34.3 Å². The number of hydrogen-bond acceptors (Lipinski definition) is 6. The molecule has 0 aliphatic carbocycles. The Morgan fingerprint density at radius 3 is 2.59 bits per heavy atom. The SMILES string of the molecule is Cc1cc(C)c2c(n1)sc1c2ncn2nc(-c3nn(C)c(C(F)(F)F)c3Br)nc12. The molecular formula is C17H11BrF3N7S. The lowest BCUT2D eigenvalue weighted by molar-refractivity contribution is -0.144. The van der Waals surface area contributed by atoms with Gasteiger partial charge in [-0.15, -0.1) is 16.4 Å². The Morgan fingerprint density at radius 2 is 1.90 bits per heavy atom. The largest absolute Gasteiger partial charge is 0.434 e. The summed E-state index contributed by atoms with van der Waals surface area (Å²) in [6.07, 6.45) is -3.06. The van der Waals surface area contributed by atoms with Crippen molar-refractivity contribution in [3.05, 3.63) is 33.8 Å². The monoisotopic (exact) mass is 481 g/mol. The molecule has 7 nitrogen and oxygen atoms in total. The van der Waals surface area contributed by atoms with Crippen molar-refractivity contribution in [3.8, 4) is 11.5 Å². The van der Waals surface area contributed by atoms with Crippen LogP contribution < -0.4 is 0 Å². The Balaban J connectivity index is 1.78. The smallest absolute Gasteiger partial charge is 0.262 e. The van der Waals surface area contributed by atoms with Crippen LogP contribution in [0.25, 0.3) is 37.6 Å². The van der Waals surface area contributed by atoms with Gasteiger partial charge in [0, 0.05) is 18.1 Å². The van der Waals surface area contributed by atoms with E-state index in [2.05, 4.69) is 41.1 Å². The summed E-state index contributed by atoms with van der Waals surface area (Å²) in [5.74, 6) is 0.0793. The number of fused-ring (bicyclic) bond motifs is 5. The highest BCUT2D eigenvalue weighted by atomic mass is 79.9. The zero-order chi connectivity index (χ0) is 20.7. The first-order chi connectivity index (χ1) is 13.6. The number of alkyl halides is 3. The molecule has 0 aliphatic heterocycles. The minimum Gasteiger partial charge on any atom is -0.262 e. The molecule has 0 amide bonds. The Labute approximate surface area is 173 Å². The first-order valence-corrected chi connectivity index (χ1v) is 9.98. The third-order valence-corrected chi connectivity index (χ3v) is 6.38. The Hall–Kier alpha value is -2.60. The quantitative estimate of drug-likeness (QED) is 0.347. The van der Waals surface area contributed by atoms with Gasteiger partial charge in [-0.25, -0.2) is 19.5 Å². The van der Waals surface area contributed by atoms with Gasteiger partial charge in [-0.3, -0.25) is 4.68 Å². The second kappa shape index (κ2) is 5.95. The van der Waals surface area contributed by atoms with Crippen molar-refractivity contribution in [2.75, 3.05) is 0 Å². The second-order valence-electron chi connectivity index (χ2n) is 6.62. The fraction of sp³-hybridized carbons (Fsp3) is 0.235. The van der Waals surface area contributed by atoms with Crippen LogP contribution in [0.5, 0.6) is 0 Å². The molecule has 0 bridgehead atoms. The fourth-order valence-corrected chi connectivity index (χ4v) is 5.38. The summed E-state index contributed by atoms with van der Waals surface area (Å²) in [7, 11) is 1.23. The standard InChI is InChI=1S/C17H11BrF3N7S/c1-6-4-7(2)23-16-8(6)10-12(29-16)15-24-14(26-28(15)5-22-10)11-9(18)13(17(19,20)21)27(3)25-11/h4-5H,1-3H3. The van der Waals surface area contributed by atoms with Crippen molar-refractivity contribution < 1.29 is 13.2 Å². The molecule has 0 atom stereocenters. The molecule has 5 rings (SSSR count). The maximum Gasteiger partial charge on any atom is 0.434 e. The molecule has 0 saturated carbocycles. The minimum absolute atomic E-state index is 0.0166. The molecule has 0 aliphatic rings. The van der Waals surface area contributed by atoms with Gasteiger partial charge in [0.2, 0.25) is 5.82 Å². The van der Waals surface area contributed by atoms with E-state index in [1.54, 1.807) is 0 Å². The number of pyridine rings is 1.